The van der Waals surface area contributed by atoms with Crippen molar-refractivity contribution in [3.8, 4) is 5.75 Å². The number of nitrogen functional groups attached to an aromatic ring is 1. The summed E-state index contributed by atoms with van der Waals surface area (Å²) in [5, 5.41) is 3.18. The number of aryl methyl sites for hydroxylation is 1. The van der Waals surface area contributed by atoms with Crippen molar-refractivity contribution in [3.05, 3.63) is 33.0 Å². The molecular formula is C12H12Br2N4O. The maximum Gasteiger partial charge on any atom is 0.136 e. The summed E-state index contributed by atoms with van der Waals surface area (Å²) in [4.78, 5) is 8.30. The van der Waals surface area contributed by atoms with Crippen molar-refractivity contribution in [2.24, 2.45) is 0 Å². The van der Waals surface area contributed by atoms with Crippen LogP contribution in [0, 0.1) is 6.92 Å². The van der Waals surface area contributed by atoms with Crippen LogP contribution >= 0.6 is 31.9 Å². The lowest BCUT2D eigenvalue weighted by Gasteiger charge is -2.12. The Bertz CT molecular complexity index is 599. The van der Waals surface area contributed by atoms with Gasteiger partial charge in [-0.3, -0.25) is 0 Å². The minimum atomic E-state index is 0.426. The Kier molecular flexibility index (Phi) is 4.26. The first-order chi connectivity index (χ1) is 8.99. The molecule has 0 unspecified atom stereocenters. The molecule has 0 amide bonds. The van der Waals surface area contributed by atoms with Gasteiger partial charge in [-0.25, -0.2) is 9.97 Å². The molecule has 0 atom stereocenters. The lowest BCUT2D eigenvalue weighted by atomic mass is 10.3. The molecule has 0 saturated heterocycles. The summed E-state index contributed by atoms with van der Waals surface area (Å²) in [7, 11) is 1.62. The van der Waals surface area contributed by atoms with Gasteiger partial charge in [-0.2, -0.15) is 0 Å². The lowest BCUT2D eigenvalue weighted by molar-refractivity contribution is 0.412. The van der Waals surface area contributed by atoms with Crippen molar-refractivity contribution in [3.63, 3.8) is 0 Å². The van der Waals surface area contributed by atoms with E-state index < -0.39 is 0 Å². The van der Waals surface area contributed by atoms with Crippen molar-refractivity contribution in [2.45, 2.75) is 6.92 Å². The minimum absolute atomic E-state index is 0.426. The van der Waals surface area contributed by atoms with Crippen LogP contribution in [-0.2, 0) is 0 Å². The van der Waals surface area contributed by atoms with E-state index in [-0.39, 0.29) is 0 Å². The molecule has 0 aliphatic carbocycles. The van der Waals surface area contributed by atoms with E-state index in [4.69, 9.17) is 10.5 Å². The van der Waals surface area contributed by atoms with E-state index >= 15 is 0 Å². The highest BCUT2D eigenvalue weighted by molar-refractivity contribution is 9.11. The minimum Gasteiger partial charge on any atom is -0.495 e. The summed E-state index contributed by atoms with van der Waals surface area (Å²) < 4.78 is 7.01. The number of rotatable bonds is 3. The fraction of sp³-hybridized carbons (Fsp3) is 0.167. The summed E-state index contributed by atoms with van der Waals surface area (Å²) >= 11 is 6.90. The van der Waals surface area contributed by atoms with Gasteiger partial charge in [0.1, 0.15) is 23.2 Å². The van der Waals surface area contributed by atoms with Gasteiger partial charge < -0.3 is 15.8 Å². The molecule has 0 bridgehead atoms. The summed E-state index contributed by atoms with van der Waals surface area (Å²) in [6, 6.07) is 5.44. The van der Waals surface area contributed by atoms with E-state index in [1.165, 1.54) is 0 Å². The van der Waals surface area contributed by atoms with Crippen molar-refractivity contribution >= 4 is 49.2 Å². The molecule has 5 nitrogen and oxygen atoms in total. The van der Waals surface area contributed by atoms with Gasteiger partial charge in [-0.15, -0.1) is 0 Å². The molecule has 3 N–H and O–H groups in total. The third kappa shape index (κ3) is 3.36. The van der Waals surface area contributed by atoms with E-state index in [2.05, 4.69) is 47.1 Å². The Labute approximate surface area is 127 Å². The Morgan fingerprint density at radius 3 is 2.53 bits per heavy atom. The van der Waals surface area contributed by atoms with Crippen LogP contribution in [0.4, 0.5) is 17.3 Å². The van der Waals surface area contributed by atoms with Gasteiger partial charge in [0.25, 0.3) is 0 Å². The quantitative estimate of drug-likeness (QED) is 0.840. The zero-order chi connectivity index (χ0) is 14.0. The van der Waals surface area contributed by atoms with Gasteiger partial charge in [-0.05, 0) is 44.8 Å². The Morgan fingerprint density at radius 1 is 1.16 bits per heavy atom. The molecule has 2 aromatic rings. The van der Waals surface area contributed by atoms with Crippen LogP contribution in [0.25, 0.3) is 0 Å². The van der Waals surface area contributed by atoms with Gasteiger partial charge in [-0.1, -0.05) is 0 Å². The second-order valence-corrected chi connectivity index (χ2v) is 5.53. The van der Waals surface area contributed by atoms with Crippen LogP contribution < -0.4 is 15.8 Å². The molecule has 7 heteroatoms. The number of halogens is 2. The van der Waals surface area contributed by atoms with Crippen LogP contribution in [0.3, 0.4) is 0 Å². The molecular weight excluding hydrogens is 376 g/mol. The number of anilines is 3. The van der Waals surface area contributed by atoms with Crippen LogP contribution in [0.5, 0.6) is 5.75 Å². The number of methoxy groups -OCH3 is 1. The number of benzene rings is 1. The van der Waals surface area contributed by atoms with E-state index in [0.29, 0.717) is 17.5 Å². The molecule has 0 aliphatic heterocycles. The Hall–Kier alpha value is -1.34. The van der Waals surface area contributed by atoms with Gasteiger partial charge >= 0.3 is 0 Å². The van der Waals surface area contributed by atoms with Gasteiger partial charge in [0.2, 0.25) is 0 Å². The number of nitrogens with one attached hydrogen (secondary N) is 1. The number of hydrogen-bond donors (Lipinski definition) is 2. The molecule has 0 saturated carbocycles. The highest BCUT2D eigenvalue weighted by Crippen LogP contribution is 2.35. The third-order valence-electron chi connectivity index (χ3n) is 2.36. The largest absolute Gasteiger partial charge is 0.495 e. The summed E-state index contributed by atoms with van der Waals surface area (Å²) in [5.74, 6) is 2.40. The van der Waals surface area contributed by atoms with Crippen molar-refractivity contribution in [1.82, 2.24) is 9.97 Å². The number of aromatic nitrogens is 2. The topological polar surface area (TPSA) is 73.1 Å². The van der Waals surface area contributed by atoms with Gasteiger partial charge in [0.05, 0.1) is 17.3 Å². The van der Waals surface area contributed by atoms with E-state index in [9.17, 15) is 0 Å². The van der Waals surface area contributed by atoms with Crippen LogP contribution in [0.15, 0.2) is 27.1 Å². The number of nitrogens with zero attached hydrogens (tertiary/aromatic N) is 2. The SMILES string of the molecule is COc1cc(Nc2cc(N)nc(C)n2)c(Br)cc1Br. The monoisotopic (exact) mass is 386 g/mol. The van der Waals surface area contributed by atoms with Gasteiger partial charge in [0.15, 0.2) is 0 Å². The average molecular weight is 388 g/mol. The van der Waals surface area contributed by atoms with Crippen LogP contribution in [0.2, 0.25) is 0 Å². The van der Waals surface area contributed by atoms with Crippen molar-refractivity contribution in [2.75, 3.05) is 18.2 Å². The molecule has 0 spiro atoms. The fourth-order valence-corrected chi connectivity index (χ4v) is 2.83. The van der Waals surface area contributed by atoms with E-state index in [1.54, 1.807) is 20.1 Å². The molecule has 2 rings (SSSR count). The second-order valence-electron chi connectivity index (χ2n) is 3.82. The highest BCUT2D eigenvalue weighted by atomic mass is 79.9. The zero-order valence-corrected chi connectivity index (χ0v) is 13.5. The molecule has 19 heavy (non-hydrogen) atoms. The smallest absolute Gasteiger partial charge is 0.136 e. The molecule has 0 aliphatic rings. The summed E-state index contributed by atoms with van der Waals surface area (Å²) in [5.41, 5.74) is 6.53. The molecule has 100 valence electrons. The predicted octanol–water partition coefficient (Wildman–Crippen LogP) is 3.64. The lowest BCUT2D eigenvalue weighted by Crippen LogP contribution is -2.01. The number of ether oxygens (including phenoxy) is 1. The molecule has 1 heterocycles. The number of nitrogens with two attached hydrogens (primary N) is 1. The second kappa shape index (κ2) is 5.75. The zero-order valence-electron chi connectivity index (χ0n) is 10.4. The molecule has 0 fully saturated rings. The average Bonchev–Trinajstić information content (AvgIpc) is 2.31. The fourth-order valence-electron chi connectivity index (χ4n) is 1.57. The van der Waals surface area contributed by atoms with Crippen molar-refractivity contribution < 1.29 is 4.74 Å². The van der Waals surface area contributed by atoms with E-state index in [1.807, 2.05) is 12.1 Å². The van der Waals surface area contributed by atoms with Gasteiger partial charge in [0, 0.05) is 16.6 Å². The van der Waals surface area contributed by atoms with Crippen molar-refractivity contribution in [1.29, 1.82) is 0 Å². The van der Waals surface area contributed by atoms with Crippen LogP contribution in [-0.4, -0.2) is 17.1 Å². The third-order valence-corrected chi connectivity index (χ3v) is 3.64. The first-order valence-electron chi connectivity index (χ1n) is 5.41. The highest BCUT2D eigenvalue weighted by Gasteiger charge is 2.08. The maximum absolute atomic E-state index is 5.70. The predicted molar refractivity (Wildman–Crippen MR) is 82.9 cm³/mol. The summed E-state index contributed by atoms with van der Waals surface area (Å²) in [6.45, 7) is 1.79. The number of hydrogen-bond acceptors (Lipinski definition) is 5. The molecule has 1 aromatic carbocycles. The normalized spacial score (nSPS) is 10.3. The van der Waals surface area contributed by atoms with Crippen LogP contribution in [0.1, 0.15) is 5.82 Å². The maximum atomic E-state index is 5.70. The van der Waals surface area contributed by atoms with E-state index in [0.717, 1.165) is 20.4 Å². The standard InChI is InChI=1S/C12H12Br2N4O/c1-6-16-11(15)5-12(17-6)18-9-4-10(19-2)8(14)3-7(9)13/h3-5H,1-2H3,(H3,15,16,17,18). The molecule has 1 aromatic heterocycles. The first kappa shape index (κ1) is 14.1. The molecule has 0 radical (unpaired) electrons. The first-order valence-corrected chi connectivity index (χ1v) is 6.99. The Morgan fingerprint density at radius 2 is 1.89 bits per heavy atom. The Balaban J connectivity index is 2.37. The summed E-state index contributed by atoms with van der Waals surface area (Å²) in [6.07, 6.45) is 0.